The van der Waals surface area contributed by atoms with Crippen LogP contribution in [0, 0.1) is 6.92 Å². The molecule has 0 aliphatic carbocycles. The molecule has 2 aromatic heterocycles. The summed E-state index contributed by atoms with van der Waals surface area (Å²) in [4.78, 5) is 30.6. The van der Waals surface area contributed by atoms with Crippen LogP contribution in [0.4, 0.5) is 11.6 Å². The number of likely N-dealkylation sites (tertiary alicyclic amines) is 2. The maximum atomic E-state index is 13.6. The molecule has 1 aromatic carbocycles. The van der Waals surface area contributed by atoms with Crippen molar-refractivity contribution in [3.8, 4) is 11.8 Å². The number of methoxy groups -OCH3 is 2. The van der Waals surface area contributed by atoms with Crippen molar-refractivity contribution in [2.75, 3.05) is 76.8 Å². The molecule has 0 atom stereocenters. The second-order valence-corrected chi connectivity index (χ2v) is 15.8. The first-order chi connectivity index (χ1) is 25.0. The third kappa shape index (κ3) is 8.92. The van der Waals surface area contributed by atoms with E-state index >= 15 is 0 Å². The molecule has 1 N–H and O–H groups in total. The summed E-state index contributed by atoms with van der Waals surface area (Å²) >= 11 is 0. The number of hydrogen-bond donors (Lipinski definition) is 1. The number of anilines is 2. The van der Waals surface area contributed by atoms with E-state index in [2.05, 4.69) is 66.8 Å². The van der Waals surface area contributed by atoms with E-state index in [0.29, 0.717) is 18.1 Å². The van der Waals surface area contributed by atoms with Gasteiger partial charge in [0.05, 0.1) is 25.4 Å². The number of hydrogen-bond acceptors (Lipinski definition) is 10. The fourth-order valence-electron chi connectivity index (χ4n) is 8.25. The minimum atomic E-state index is -0.430. The van der Waals surface area contributed by atoms with Crippen molar-refractivity contribution in [2.24, 2.45) is 0 Å². The fraction of sp³-hybridized carbons (Fsp3) is 0.634. The molecule has 3 aromatic rings. The van der Waals surface area contributed by atoms with Crippen LogP contribution in [0.1, 0.15) is 118 Å². The predicted molar refractivity (Wildman–Crippen MR) is 205 cm³/mol. The van der Waals surface area contributed by atoms with Crippen molar-refractivity contribution in [3.05, 3.63) is 58.0 Å². The molecule has 2 fully saturated rings. The lowest BCUT2D eigenvalue weighted by atomic mass is 9.86. The lowest BCUT2D eigenvalue weighted by Crippen LogP contribution is -2.36. The van der Waals surface area contributed by atoms with Crippen LogP contribution in [0.15, 0.2) is 28.7 Å². The van der Waals surface area contributed by atoms with Gasteiger partial charge in [0.25, 0.3) is 5.91 Å². The number of amides is 1. The molecule has 0 spiro atoms. The predicted octanol–water partition coefficient (Wildman–Crippen LogP) is 7.30. The Hall–Kier alpha value is -3.67. The number of benzene rings is 1. The van der Waals surface area contributed by atoms with Gasteiger partial charge in [-0.05, 0) is 147 Å². The highest BCUT2D eigenvalue weighted by atomic mass is 16.5. The van der Waals surface area contributed by atoms with Crippen LogP contribution in [0.3, 0.4) is 0 Å². The van der Waals surface area contributed by atoms with E-state index < -0.39 is 5.91 Å². The van der Waals surface area contributed by atoms with Gasteiger partial charge in [0.2, 0.25) is 17.7 Å². The second-order valence-electron chi connectivity index (χ2n) is 15.8. The molecule has 52 heavy (non-hydrogen) atoms. The van der Waals surface area contributed by atoms with Crippen molar-refractivity contribution in [2.45, 2.75) is 104 Å². The zero-order chi connectivity index (χ0) is 36.9. The highest BCUT2D eigenvalue weighted by molar-refractivity contribution is 6.03. The van der Waals surface area contributed by atoms with Crippen molar-refractivity contribution in [1.29, 1.82) is 0 Å². The normalized spacial score (nSPS) is 18.6. The number of furan rings is 1. The van der Waals surface area contributed by atoms with Gasteiger partial charge >= 0.3 is 0 Å². The molecule has 0 radical (unpaired) electrons. The molecule has 0 unspecified atom stereocenters. The maximum absolute atomic E-state index is 13.6. The Bertz CT molecular complexity index is 1620. The fourth-order valence-corrected chi connectivity index (χ4v) is 8.25. The first-order valence-corrected chi connectivity index (χ1v) is 19.4. The molecule has 11 nitrogen and oxygen atoms in total. The van der Waals surface area contributed by atoms with Crippen LogP contribution in [0.5, 0.6) is 11.8 Å². The van der Waals surface area contributed by atoms with E-state index in [1.807, 2.05) is 6.07 Å². The second kappa shape index (κ2) is 16.6. The van der Waals surface area contributed by atoms with E-state index in [-0.39, 0.29) is 34.4 Å². The van der Waals surface area contributed by atoms with Crippen LogP contribution < -0.4 is 19.7 Å². The molecule has 5 heterocycles. The minimum Gasteiger partial charge on any atom is -0.479 e. The van der Waals surface area contributed by atoms with Gasteiger partial charge in [-0.2, -0.15) is 9.97 Å². The SMILES string of the molecule is COc1nc(N(CCCN2CCCCC2)CCCN2CCCCC2)nc(OC)c1NC(=O)c1ccc(Cc2cc3c(cc2C)C(C)(C)OC3(C)C)o1. The molecule has 284 valence electrons. The number of aromatic nitrogens is 2. The zero-order valence-corrected chi connectivity index (χ0v) is 32.6. The summed E-state index contributed by atoms with van der Waals surface area (Å²) in [5.74, 6) is 1.50. The third-order valence-electron chi connectivity index (χ3n) is 11.0. The Morgan fingerprint density at radius 3 is 1.90 bits per heavy atom. The lowest BCUT2D eigenvalue weighted by Gasteiger charge is -2.30. The molecule has 2 saturated heterocycles. The van der Waals surface area contributed by atoms with E-state index in [4.69, 9.17) is 28.6 Å². The monoisotopic (exact) mass is 716 g/mol. The largest absolute Gasteiger partial charge is 0.479 e. The first kappa shape index (κ1) is 38.1. The van der Waals surface area contributed by atoms with Crippen molar-refractivity contribution < 1.29 is 23.4 Å². The van der Waals surface area contributed by atoms with Gasteiger partial charge in [-0.1, -0.05) is 25.0 Å². The van der Waals surface area contributed by atoms with Crippen LogP contribution in [-0.4, -0.2) is 92.3 Å². The summed E-state index contributed by atoms with van der Waals surface area (Å²) in [5.41, 5.74) is 4.24. The van der Waals surface area contributed by atoms with Crippen LogP contribution in [0.25, 0.3) is 0 Å². The number of piperidine rings is 2. The number of carbonyl (C=O) groups is 1. The van der Waals surface area contributed by atoms with Crippen LogP contribution in [-0.2, 0) is 22.4 Å². The molecule has 0 bridgehead atoms. The third-order valence-corrected chi connectivity index (χ3v) is 11.0. The first-order valence-electron chi connectivity index (χ1n) is 19.4. The van der Waals surface area contributed by atoms with Gasteiger partial charge in [0, 0.05) is 19.5 Å². The summed E-state index contributed by atoms with van der Waals surface area (Å²) in [7, 11) is 3.10. The van der Waals surface area contributed by atoms with Gasteiger partial charge in [-0.3, -0.25) is 4.79 Å². The molecule has 3 aliphatic rings. The summed E-state index contributed by atoms with van der Waals surface area (Å²) in [6.07, 6.45) is 10.4. The van der Waals surface area contributed by atoms with E-state index in [0.717, 1.165) is 50.1 Å². The number of aryl methyl sites for hydroxylation is 1. The molecule has 11 heteroatoms. The smallest absolute Gasteiger partial charge is 0.291 e. The standard InChI is InChI=1S/C41H60N6O5/c1-29-26-32-33(41(4,5)52-40(32,2)3)28-30(29)27-31-16-17-34(51-31)36(48)42-35-37(49-6)43-39(44-38(35)50-7)47(24-14-22-45-18-10-8-11-19-45)25-15-23-46-20-12-9-13-21-46/h16-17,26,28H,8-15,18-25,27H2,1-7H3,(H,42,48). The van der Waals surface area contributed by atoms with Gasteiger partial charge in [-0.15, -0.1) is 0 Å². The van der Waals surface area contributed by atoms with Gasteiger partial charge in [0.15, 0.2) is 11.4 Å². The zero-order valence-electron chi connectivity index (χ0n) is 32.6. The Kier molecular flexibility index (Phi) is 12.1. The Morgan fingerprint density at radius 2 is 1.37 bits per heavy atom. The number of fused-ring (bicyclic) bond motifs is 1. The van der Waals surface area contributed by atoms with Crippen molar-refractivity contribution in [3.63, 3.8) is 0 Å². The minimum absolute atomic E-state index is 0.184. The highest BCUT2D eigenvalue weighted by Crippen LogP contribution is 2.47. The number of nitrogens with one attached hydrogen (secondary N) is 1. The average molecular weight is 717 g/mol. The highest BCUT2D eigenvalue weighted by Gasteiger charge is 2.43. The Labute approximate surface area is 310 Å². The number of carbonyl (C=O) groups excluding carboxylic acids is 1. The molecule has 3 aliphatic heterocycles. The van der Waals surface area contributed by atoms with E-state index in [1.54, 1.807) is 20.3 Å². The summed E-state index contributed by atoms with van der Waals surface area (Å²) in [6, 6.07) is 8.00. The Balaban J connectivity index is 1.16. The van der Waals surface area contributed by atoms with Crippen molar-refractivity contribution in [1.82, 2.24) is 19.8 Å². The van der Waals surface area contributed by atoms with E-state index in [1.165, 1.54) is 75.8 Å². The summed E-state index contributed by atoms with van der Waals surface area (Å²) in [6.45, 7) is 19.1. The summed E-state index contributed by atoms with van der Waals surface area (Å²) < 4.78 is 24.0. The topological polar surface area (TPSA) is 105 Å². The molecular formula is C41H60N6O5. The molecular weight excluding hydrogens is 656 g/mol. The lowest BCUT2D eigenvalue weighted by molar-refractivity contribution is -0.105. The number of ether oxygens (including phenoxy) is 3. The average Bonchev–Trinajstić information content (AvgIpc) is 3.67. The number of rotatable bonds is 15. The quantitative estimate of drug-likeness (QED) is 0.172. The van der Waals surface area contributed by atoms with Crippen molar-refractivity contribution >= 4 is 17.5 Å². The molecule has 0 saturated carbocycles. The van der Waals surface area contributed by atoms with Gasteiger partial charge in [0.1, 0.15) is 5.76 Å². The molecule has 1 amide bonds. The number of nitrogens with zero attached hydrogens (tertiary/aromatic N) is 5. The molecule has 6 rings (SSSR count). The maximum Gasteiger partial charge on any atom is 0.291 e. The summed E-state index contributed by atoms with van der Waals surface area (Å²) in [5, 5.41) is 2.92. The van der Waals surface area contributed by atoms with Crippen LogP contribution >= 0.6 is 0 Å². The van der Waals surface area contributed by atoms with Crippen LogP contribution in [0.2, 0.25) is 0 Å². The van der Waals surface area contributed by atoms with Gasteiger partial charge < -0.3 is 38.6 Å². The van der Waals surface area contributed by atoms with E-state index in [9.17, 15) is 4.79 Å². The Morgan fingerprint density at radius 1 is 0.827 bits per heavy atom. The van der Waals surface area contributed by atoms with Gasteiger partial charge in [-0.25, -0.2) is 0 Å².